The molecule has 0 radical (unpaired) electrons. The average molecular weight is 313 g/mol. The van der Waals surface area contributed by atoms with Crippen molar-refractivity contribution in [3.63, 3.8) is 0 Å². The van der Waals surface area contributed by atoms with Crippen LogP contribution in [0.3, 0.4) is 0 Å². The summed E-state index contributed by atoms with van der Waals surface area (Å²) in [5, 5.41) is 3.09. The van der Waals surface area contributed by atoms with Crippen LogP contribution in [0.1, 0.15) is 18.1 Å². The molecule has 1 aromatic rings. The zero-order valence-electron chi connectivity index (χ0n) is 12.3. The fraction of sp³-hybridized carbons (Fsp3) is 0.400. The van der Waals surface area contributed by atoms with Gasteiger partial charge in [0.2, 0.25) is 0 Å². The zero-order chi connectivity index (χ0) is 16.1. The van der Waals surface area contributed by atoms with E-state index in [2.05, 4.69) is 10.1 Å². The van der Waals surface area contributed by atoms with E-state index in [0.29, 0.717) is 24.2 Å². The second kappa shape index (κ2) is 7.11. The maximum Gasteiger partial charge on any atom is 0.387 e. The molecule has 1 N–H and O–H groups in total. The molecule has 0 saturated carbocycles. The molecule has 0 unspecified atom stereocenters. The van der Waals surface area contributed by atoms with Crippen LogP contribution in [0.15, 0.2) is 18.2 Å². The molecule has 0 amide bonds. The van der Waals surface area contributed by atoms with Gasteiger partial charge in [-0.15, -0.1) is 0 Å². The summed E-state index contributed by atoms with van der Waals surface area (Å²) in [4.78, 5) is 11.6. The number of carbonyl (C=O) groups excluding carboxylic acids is 1. The summed E-state index contributed by atoms with van der Waals surface area (Å²) in [6.07, 6.45) is 1.97. The van der Waals surface area contributed by atoms with Gasteiger partial charge < -0.3 is 19.5 Å². The number of benzene rings is 1. The molecule has 0 spiro atoms. The van der Waals surface area contributed by atoms with Crippen LogP contribution in [0.5, 0.6) is 11.5 Å². The van der Waals surface area contributed by atoms with Crippen LogP contribution >= 0.6 is 0 Å². The molecule has 0 fully saturated rings. The molecular formula is C15H17F2NO4. The van der Waals surface area contributed by atoms with Gasteiger partial charge >= 0.3 is 12.6 Å². The maximum absolute atomic E-state index is 12.4. The highest BCUT2D eigenvalue weighted by Crippen LogP contribution is 2.35. The summed E-state index contributed by atoms with van der Waals surface area (Å²) in [6, 6.07) is 3.09. The first kappa shape index (κ1) is 16.1. The molecule has 1 aromatic carbocycles. The van der Waals surface area contributed by atoms with Gasteiger partial charge in [-0.05, 0) is 31.0 Å². The normalized spacial score (nSPS) is 15.2. The number of esters is 1. The Hall–Kier alpha value is -2.31. The van der Waals surface area contributed by atoms with Crippen LogP contribution in [0.2, 0.25) is 0 Å². The lowest BCUT2D eigenvalue weighted by Crippen LogP contribution is -2.24. The first-order valence-electron chi connectivity index (χ1n) is 6.83. The van der Waals surface area contributed by atoms with E-state index in [4.69, 9.17) is 9.47 Å². The lowest BCUT2D eigenvalue weighted by molar-refractivity contribution is -0.137. The molecule has 0 aromatic heterocycles. The average Bonchev–Trinajstić information content (AvgIpc) is 2.46. The van der Waals surface area contributed by atoms with Gasteiger partial charge in [0.15, 0.2) is 11.5 Å². The van der Waals surface area contributed by atoms with Crippen molar-refractivity contribution in [1.82, 2.24) is 5.32 Å². The van der Waals surface area contributed by atoms with Crippen LogP contribution in [-0.2, 0) is 16.0 Å². The second-order valence-corrected chi connectivity index (χ2v) is 4.53. The van der Waals surface area contributed by atoms with Crippen molar-refractivity contribution in [2.45, 2.75) is 20.0 Å². The quantitative estimate of drug-likeness (QED) is 0.668. The molecule has 120 valence electrons. The zero-order valence-corrected chi connectivity index (χ0v) is 12.3. The van der Waals surface area contributed by atoms with E-state index in [9.17, 15) is 13.6 Å². The first-order valence-corrected chi connectivity index (χ1v) is 6.83. The van der Waals surface area contributed by atoms with Gasteiger partial charge in [-0.2, -0.15) is 8.78 Å². The van der Waals surface area contributed by atoms with Crippen molar-refractivity contribution >= 4 is 11.7 Å². The molecular weight excluding hydrogens is 296 g/mol. The van der Waals surface area contributed by atoms with Gasteiger partial charge in [-0.3, -0.25) is 0 Å². The number of hydrogen-bond acceptors (Lipinski definition) is 5. The summed E-state index contributed by atoms with van der Waals surface area (Å²) < 4.78 is 39.3. The number of hydrogen-bond donors (Lipinski definition) is 1. The Labute approximate surface area is 126 Å². The van der Waals surface area contributed by atoms with Gasteiger partial charge in [0.1, 0.15) is 0 Å². The number of rotatable bonds is 5. The Morgan fingerprint density at radius 1 is 1.41 bits per heavy atom. The minimum atomic E-state index is -2.93. The largest absolute Gasteiger partial charge is 0.493 e. The summed E-state index contributed by atoms with van der Waals surface area (Å²) in [6.45, 7) is -0.350. The predicted molar refractivity (Wildman–Crippen MR) is 75.9 cm³/mol. The van der Waals surface area contributed by atoms with Crippen LogP contribution < -0.4 is 14.8 Å². The number of carbonyl (C=O) groups is 1. The van der Waals surface area contributed by atoms with Crippen LogP contribution in [0, 0.1) is 0 Å². The topological polar surface area (TPSA) is 56.8 Å². The predicted octanol–water partition coefficient (Wildman–Crippen LogP) is 2.35. The highest BCUT2D eigenvalue weighted by Gasteiger charge is 2.20. The van der Waals surface area contributed by atoms with Crippen molar-refractivity contribution in [3.05, 3.63) is 29.3 Å². The highest BCUT2D eigenvalue weighted by atomic mass is 19.3. The third kappa shape index (κ3) is 3.66. The molecule has 2 rings (SSSR count). The number of methoxy groups -OCH3 is 1. The van der Waals surface area contributed by atoms with Gasteiger partial charge in [0, 0.05) is 23.9 Å². The SMILES string of the molecule is CCOC(=O)/C=C1\NCCc2cc(OC(F)F)c(OC)cc21. The minimum absolute atomic E-state index is 0.0198. The van der Waals surface area contributed by atoms with E-state index in [1.165, 1.54) is 19.3 Å². The van der Waals surface area contributed by atoms with Crippen molar-refractivity contribution in [3.8, 4) is 11.5 Å². The second-order valence-electron chi connectivity index (χ2n) is 4.53. The standard InChI is InChI=1S/C15H17F2NO4/c1-3-21-14(19)8-11-10-7-12(20-2)13(22-15(16)17)6-9(10)4-5-18-11/h6-8,15,18H,3-5H2,1-2H3/b11-8-. The minimum Gasteiger partial charge on any atom is -0.493 e. The van der Waals surface area contributed by atoms with Crippen molar-refractivity contribution in [1.29, 1.82) is 0 Å². The van der Waals surface area contributed by atoms with E-state index < -0.39 is 12.6 Å². The molecule has 1 heterocycles. The molecule has 0 atom stereocenters. The smallest absolute Gasteiger partial charge is 0.387 e. The lowest BCUT2D eigenvalue weighted by atomic mass is 9.97. The van der Waals surface area contributed by atoms with Gasteiger partial charge in [0.25, 0.3) is 0 Å². The summed E-state index contributed by atoms with van der Waals surface area (Å²) >= 11 is 0. The van der Waals surface area contributed by atoms with E-state index in [1.807, 2.05) is 0 Å². The number of nitrogens with one attached hydrogen (secondary N) is 1. The Kier molecular flexibility index (Phi) is 5.19. The van der Waals surface area contributed by atoms with Gasteiger partial charge in [-0.25, -0.2) is 4.79 Å². The molecule has 1 aliphatic heterocycles. The lowest BCUT2D eigenvalue weighted by Gasteiger charge is -2.23. The van der Waals surface area contributed by atoms with Gasteiger partial charge in [0.05, 0.1) is 13.7 Å². The van der Waals surface area contributed by atoms with E-state index in [-0.39, 0.29) is 18.1 Å². The summed E-state index contributed by atoms with van der Waals surface area (Å²) in [7, 11) is 1.37. The molecule has 7 heteroatoms. The molecule has 0 aliphatic carbocycles. The van der Waals surface area contributed by atoms with Gasteiger partial charge in [-0.1, -0.05) is 0 Å². The first-order chi connectivity index (χ1) is 10.5. The van der Waals surface area contributed by atoms with E-state index in [1.54, 1.807) is 13.0 Å². The van der Waals surface area contributed by atoms with Crippen LogP contribution in [-0.4, -0.2) is 32.8 Å². The molecule has 0 bridgehead atoms. The van der Waals surface area contributed by atoms with E-state index >= 15 is 0 Å². The van der Waals surface area contributed by atoms with Crippen LogP contribution in [0.25, 0.3) is 5.70 Å². The molecule has 0 saturated heterocycles. The van der Waals surface area contributed by atoms with Crippen molar-refractivity contribution in [2.24, 2.45) is 0 Å². The Morgan fingerprint density at radius 2 is 2.18 bits per heavy atom. The number of ether oxygens (including phenoxy) is 3. The number of fused-ring (bicyclic) bond motifs is 1. The fourth-order valence-corrected chi connectivity index (χ4v) is 2.26. The van der Waals surface area contributed by atoms with Crippen molar-refractivity contribution in [2.75, 3.05) is 20.3 Å². The number of alkyl halides is 2. The monoisotopic (exact) mass is 313 g/mol. The Bertz CT molecular complexity index is 587. The van der Waals surface area contributed by atoms with Crippen molar-refractivity contribution < 1.29 is 27.8 Å². The third-order valence-electron chi connectivity index (χ3n) is 3.15. The Balaban J connectivity index is 2.40. The molecule has 22 heavy (non-hydrogen) atoms. The maximum atomic E-state index is 12.4. The van der Waals surface area contributed by atoms with E-state index in [0.717, 1.165) is 5.56 Å². The summed E-state index contributed by atoms with van der Waals surface area (Å²) in [5.74, 6) is -0.309. The fourth-order valence-electron chi connectivity index (χ4n) is 2.26. The third-order valence-corrected chi connectivity index (χ3v) is 3.15. The number of halogens is 2. The highest BCUT2D eigenvalue weighted by molar-refractivity contribution is 5.92. The summed E-state index contributed by atoms with van der Waals surface area (Å²) in [5.41, 5.74) is 2.07. The van der Waals surface area contributed by atoms with Crippen LogP contribution in [0.4, 0.5) is 8.78 Å². The Morgan fingerprint density at radius 3 is 2.82 bits per heavy atom. The molecule has 1 aliphatic rings. The molecule has 5 nitrogen and oxygen atoms in total.